The Hall–Kier alpha value is -6.75. The second-order valence-corrected chi connectivity index (χ2v) is 14.7. The zero-order chi connectivity index (χ0) is 42.3. The first kappa shape index (κ1) is 40.0. The molecule has 0 bridgehead atoms. The number of aryl methyl sites for hydroxylation is 2. The van der Waals surface area contributed by atoms with Crippen LogP contribution in [0.1, 0.15) is 39.9 Å². The smallest absolute Gasteiger partial charge is 0.416 e. The summed E-state index contributed by atoms with van der Waals surface area (Å²) in [5.74, 6) is -0.352. The summed E-state index contributed by atoms with van der Waals surface area (Å²) in [6, 6.07) is 21.8. The van der Waals surface area contributed by atoms with Gasteiger partial charge < -0.3 is 29.0 Å². The summed E-state index contributed by atoms with van der Waals surface area (Å²) in [6.45, 7) is 4.38. The van der Waals surface area contributed by atoms with Crippen molar-refractivity contribution in [2.24, 2.45) is 7.05 Å². The van der Waals surface area contributed by atoms with Crippen molar-refractivity contribution in [3.05, 3.63) is 129 Å². The van der Waals surface area contributed by atoms with Gasteiger partial charge in [0.2, 0.25) is 11.7 Å². The molecule has 2 amide bonds. The lowest BCUT2D eigenvalue weighted by Gasteiger charge is -2.36. The number of alkyl halides is 3. The third-order valence-corrected chi connectivity index (χ3v) is 10.8. The summed E-state index contributed by atoms with van der Waals surface area (Å²) < 4.78 is 50.8. The van der Waals surface area contributed by atoms with Gasteiger partial charge in [0.1, 0.15) is 25.2 Å². The van der Waals surface area contributed by atoms with E-state index in [-0.39, 0.29) is 85.4 Å². The van der Waals surface area contributed by atoms with Gasteiger partial charge >= 0.3 is 6.18 Å². The Bertz CT molecular complexity index is 2830. The molecule has 4 aromatic heterocycles. The molecule has 1 aliphatic rings. The predicted molar refractivity (Wildman–Crippen MR) is 219 cm³/mol. The molecule has 0 aliphatic carbocycles. The highest BCUT2D eigenvalue weighted by atomic mass is 35.5. The largest absolute Gasteiger partial charge is 0.485 e. The maximum atomic E-state index is 14.6. The van der Waals surface area contributed by atoms with Crippen LogP contribution in [0, 0.1) is 6.92 Å². The van der Waals surface area contributed by atoms with Crippen LogP contribution < -0.4 is 20.5 Å². The molecule has 1 aliphatic heterocycles. The van der Waals surface area contributed by atoms with Gasteiger partial charge in [0.15, 0.2) is 17.3 Å². The lowest BCUT2D eigenvalue weighted by Crippen LogP contribution is -2.51. The number of carbonyl (C=O) groups is 2. The first-order valence-electron chi connectivity index (χ1n) is 19.1. The standard InChI is InChI=1S/C42H38ClF3N10O4/c1-4-31-36(53-16-18-54(19-17-53)39(58)35-37(25(2)47-24-48-35)60-23-26-10-6-5-7-11-26)40(59)56-41(50-38(51-56)33-20-27-12-8-9-13-32(27)52(33)3)55(31)22-34(57)49-30-15-14-28(21-29(30)43)42(44,45)46/h5-15,20-21,24H,4,16-19,22-23H2,1-3H3,(H,49,57). The first-order valence-corrected chi connectivity index (χ1v) is 19.5. The number of hydrogen-bond acceptors (Lipinski definition) is 9. The fourth-order valence-corrected chi connectivity index (χ4v) is 7.69. The number of aromatic nitrogens is 7. The average molecular weight is 839 g/mol. The van der Waals surface area contributed by atoms with Crippen molar-refractivity contribution in [3.8, 4) is 17.3 Å². The third kappa shape index (κ3) is 7.63. The molecule has 8 rings (SSSR count). The molecule has 14 nitrogen and oxygen atoms in total. The van der Waals surface area contributed by atoms with E-state index in [1.807, 2.05) is 84.1 Å². The number of ether oxygens (including phenoxy) is 1. The Labute approximate surface area is 345 Å². The molecular weight excluding hydrogens is 801 g/mol. The monoisotopic (exact) mass is 838 g/mol. The Kier molecular flexibility index (Phi) is 10.8. The Balaban J connectivity index is 1.12. The van der Waals surface area contributed by atoms with Crippen LogP contribution >= 0.6 is 11.6 Å². The van der Waals surface area contributed by atoms with Crippen molar-refractivity contribution in [1.82, 2.24) is 38.6 Å². The van der Waals surface area contributed by atoms with Gasteiger partial charge in [-0.2, -0.15) is 22.7 Å². The maximum Gasteiger partial charge on any atom is 0.416 e. The minimum Gasteiger partial charge on any atom is -0.485 e. The van der Waals surface area contributed by atoms with Crippen LogP contribution in [0.2, 0.25) is 5.02 Å². The molecule has 1 N–H and O–H groups in total. The lowest BCUT2D eigenvalue weighted by atomic mass is 10.2. The fraction of sp³-hybridized carbons (Fsp3) is 0.262. The second kappa shape index (κ2) is 16.1. The number of piperazine rings is 1. The van der Waals surface area contributed by atoms with Gasteiger partial charge in [-0.1, -0.05) is 67.1 Å². The molecule has 7 aromatic rings. The van der Waals surface area contributed by atoms with Crippen LogP contribution in [-0.2, 0) is 37.6 Å². The summed E-state index contributed by atoms with van der Waals surface area (Å²) in [4.78, 5) is 59.2. The summed E-state index contributed by atoms with van der Waals surface area (Å²) in [7, 11) is 1.86. The molecule has 0 radical (unpaired) electrons. The van der Waals surface area contributed by atoms with Gasteiger partial charge in [-0.05, 0) is 49.2 Å². The third-order valence-electron chi connectivity index (χ3n) is 10.5. The van der Waals surface area contributed by atoms with E-state index < -0.39 is 23.2 Å². The molecular formula is C42H38ClF3N10O4. The van der Waals surface area contributed by atoms with Gasteiger partial charge in [0.05, 0.1) is 33.4 Å². The van der Waals surface area contributed by atoms with E-state index in [1.165, 1.54) is 6.33 Å². The number of carbonyl (C=O) groups excluding carboxylic acids is 2. The highest BCUT2D eigenvalue weighted by Crippen LogP contribution is 2.34. The molecule has 18 heteroatoms. The van der Waals surface area contributed by atoms with Crippen molar-refractivity contribution >= 4 is 51.5 Å². The number of rotatable bonds is 10. The number of anilines is 2. The summed E-state index contributed by atoms with van der Waals surface area (Å²) >= 11 is 6.19. The molecule has 0 unspecified atom stereocenters. The normalized spacial score (nSPS) is 13.3. The molecule has 0 spiro atoms. The van der Waals surface area contributed by atoms with Gasteiger partial charge in [0.25, 0.3) is 11.5 Å². The highest BCUT2D eigenvalue weighted by molar-refractivity contribution is 6.33. The predicted octanol–water partition coefficient (Wildman–Crippen LogP) is 6.56. The Morgan fingerprint density at radius 2 is 1.68 bits per heavy atom. The molecule has 60 heavy (non-hydrogen) atoms. The van der Waals surface area contributed by atoms with Gasteiger partial charge in [-0.25, -0.2) is 9.97 Å². The van der Waals surface area contributed by atoms with Crippen molar-refractivity contribution in [2.45, 2.75) is 39.6 Å². The zero-order valence-electron chi connectivity index (χ0n) is 32.7. The summed E-state index contributed by atoms with van der Waals surface area (Å²) in [5.41, 5.74) is 2.42. The second-order valence-electron chi connectivity index (χ2n) is 14.3. The number of fused-ring (bicyclic) bond motifs is 2. The van der Waals surface area contributed by atoms with Crippen LogP contribution in [0.25, 0.3) is 28.2 Å². The SMILES string of the molecule is CCc1c(N2CCN(C(=O)c3ncnc(C)c3OCc3ccccc3)CC2)c(=O)n2nc(-c3cc4ccccc4n3C)nc2n1CC(=O)Nc1ccc(C(F)(F)F)cc1Cl. The average Bonchev–Trinajstić information content (AvgIpc) is 3.83. The number of halogens is 4. The van der Waals surface area contributed by atoms with E-state index in [1.54, 1.807) is 16.4 Å². The minimum absolute atomic E-state index is 0.0176. The van der Waals surface area contributed by atoms with Gasteiger partial charge in [0, 0.05) is 44.1 Å². The van der Waals surface area contributed by atoms with E-state index in [0.29, 0.717) is 22.8 Å². The molecule has 3 aromatic carbocycles. The van der Waals surface area contributed by atoms with Crippen LogP contribution in [0.15, 0.2) is 90.0 Å². The van der Waals surface area contributed by atoms with E-state index in [2.05, 4.69) is 20.4 Å². The Morgan fingerprint density at radius 3 is 2.38 bits per heavy atom. The molecule has 0 saturated carbocycles. The van der Waals surface area contributed by atoms with Crippen molar-refractivity contribution in [1.29, 1.82) is 0 Å². The maximum absolute atomic E-state index is 14.6. The van der Waals surface area contributed by atoms with Crippen molar-refractivity contribution in [3.63, 3.8) is 0 Å². The number of benzene rings is 3. The molecule has 1 saturated heterocycles. The number of nitrogens with zero attached hydrogens (tertiary/aromatic N) is 9. The molecule has 5 heterocycles. The zero-order valence-corrected chi connectivity index (χ0v) is 33.5. The number of para-hydroxylation sites is 1. The van der Waals surface area contributed by atoms with Crippen LogP contribution in [0.3, 0.4) is 0 Å². The molecule has 1 fully saturated rings. The topological polar surface area (TPSA) is 145 Å². The van der Waals surface area contributed by atoms with Crippen molar-refractivity contribution in [2.75, 3.05) is 36.4 Å². The van der Waals surface area contributed by atoms with E-state index in [9.17, 15) is 27.6 Å². The first-order chi connectivity index (χ1) is 28.8. The van der Waals surface area contributed by atoms with Gasteiger partial charge in [-0.15, -0.1) is 5.10 Å². The van der Waals surface area contributed by atoms with Gasteiger partial charge in [-0.3, -0.25) is 14.4 Å². The van der Waals surface area contributed by atoms with Crippen molar-refractivity contribution < 1.29 is 27.5 Å². The summed E-state index contributed by atoms with van der Waals surface area (Å²) in [6.07, 6.45) is -3.01. The summed E-state index contributed by atoms with van der Waals surface area (Å²) in [5, 5.41) is 7.94. The van der Waals surface area contributed by atoms with E-state index in [0.717, 1.165) is 39.2 Å². The van der Waals surface area contributed by atoms with E-state index in [4.69, 9.17) is 21.3 Å². The van der Waals surface area contributed by atoms with Crippen LogP contribution in [0.4, 0.5) is 24.5 Å². The quantitative estimate of drug-likeness (QED) is 0.162. The number of amides is 2. The van der Waals surface area contributed by atoms with Crippen LogP contribution in [0.5, 0.6) is 5.75 Å². The number of hydrogen-bond donors (Lipinski definition) is 1. The Morgan fingerprint density at radius 1 is 0.950 bits per heavy atom. The highest BCUT2D eigenvalue weighted by Gasteiger charge is 2.33. The van der Waals surface area contributed by atoms with Crippen LogP contribution in [-0.4, -0.2) is 76.6 Å². The lowest BCUT2D eigenvalue weighted by molar-refractivity contribution is -0.137. The number of nitrogens with one attached hydrogen (secondary N) is 1. The molecule has 308 valence electrons. The fourth-order valence-electron chi connectivity index (χ4n) is 7.47. The van der Waals surface area contributed by atoms with E-state index >= 15 is 0 Å². The molecule has 0 atom stereocenters. The minimum atomic E-state index is -4.62.